The lowest BCUT2D eigenvalue weighted by Crippen LogP contribution is -2.29. The van der Waals surface area contributed by atoms with Crippen molar-refractivity contribution in [1.29, 1.82) is 0 Å². The summed E-state index contributed by atoms with van der Waals surface area (Å²) in [5, 5.41) is 3.35. The largest absolute Gasteiger partial charge is 0.469 e. The molecule has 0 radical (unpaired) electrons. The van der Waals surface area contributed by atoms with Crippen LogP contribution in [0.1, 0.15) is 11.3 Å². The Morgan fingerprint density at radius 3 is 2.72 bits per heavy atom. The number of thioether (sulfide) groups is 1. The van der Waals surface area contributed by atoms with E-state index in [1.54, 1.807) is 6.26 Å². The number of hydrogen-bond donors (Lipinski definition) is 1. The maximum Gasteiger partial charge on any atom is 0.105 e. The van der Waals surface area contributed by atoms with Gasteiger partial charge >= 0.3 is 0 Å². The van der Waals surface area contributed by atoms with Crippen LogP contribution in [0.5, 0.6) is 0 Å². The molecule has 2 nitrogen and oxygen atoms in total. The van der Waals surface area contributed by atoms with Crippen LogP contribution in [0.2, 0.25) is 0 Å². The van der Waals surface area contributed by atoms with Crippen LogP contribution in [0.4, 0.5) is 0 Å². The SMILES string of the molecule is CNC(CSc1ccccc1C)Cc1ccco1. The second-order valence-corrected chi connectivity index (χ2v) is 5.41. The van der Waals surface area contributed by atoms with Crippen LogP contribution >= 0.6 is 11.8 Å². The average molecular weight is 261 g/mol. The zero-order valence-electron chi connectivity index (χ0n) is 10.8. The molecule has 0 aliphatic rings. The van der Waals surface area contributed by atoms with Crippen molar-refractivity contribution in [2.24, 2.45) is 0 Å². The van der Waals surface area contributed by atoms with Gasteiger partial charge in [0.05, 0.1) is 6.26 Å². The summed E-state index contributed by atoms with van der Waals surface area (Å²) in [6, 6.07) is 12.9. The normalized spacial score (nSPS) is 12.6. The first kappa shape index (κ1) is 13.2. The first-order valence-corrected chi connectivity index (χ1v) is 7.16. The minimum atomic E-state index is 0.431. The maximum atomic E-state index is 5.39. The van der Waals surface area contributed by atoms with Crippen molar-refractivity contribution in [2.75, 3.05) is 12.8 Å². The molecule has 0 spiro atoms. The Kier molecular flexibility index (Phi) is 4.90. The molecule has 96 valence electrons. The van der Waals surface area contributed by atoms with Gasteiger partial charge in [-0.25, -0.2) is 0 Å². The third-order valence-electron chi connectivity index (χ3n) is 2.97. The molecule has 0 amide bonds. The van der Waals surface area contributed by atoms with E-state index in [9.17, 15) is 0 Å². The summed E-state index contributed by atoms with van der Waals surface area (Å²) in [5.74, 6) is 2.09. The molecular formula is C15H19NOS. The summed E-state index contributed by atoms with van der Waals surface area (Å²) >= 11 is 1.90. The number of likely N-dealkylation sites (N-methyl/N-ethyl adjacent to an activating group) is 1. The molecule has 0 fully saturated rings. The molecule has 1 heterocycles. The first-order chi connectivity index (χ1) is 8.79. The minimum Gasteiger partial charge on any atom is -0.469 e. The van der Waals surface area contributed by atoms with Gasteiger partial charge in [0.1, 0.15) is 5.76 Å². The van der Waals surface area contributed by atoms with E-state index in [0.717, 1.165) is 17.9 Å². The van der Waals surface area contributed by atoms with E-state index in [0.29, 0.717) is 6.04 Å². The van der Waals surface area contributed by atoms with Crippen molar-refractivity contribution in [2.45, 2.75) is 24.3 Å². The fourth-order valence-corrected chi connectivity index (χ4v) is 2.96. The highest BCUT2D eigenvalue weighted by Crippen LogP contribution is 2.23. The lowest BCUT2D eigenvalue weighted by atomic mass is 10.2. The lowest BCUT2D eigenvalue weighted by Gasteiger charge is -2.15. The highest BCUT2D eigenvalue weighted by Gasteiger charge is 2.10. The zero-order chi connectivity index (χ0) is 12.8. The maximum absolute atomic E-state index is 5.39. The number of aryl methyl sites for hydroxylation is 1. The van der Waals surface area contributed by atoms with Gasteiger partial charge in [0.15, 0.2) is 0 Å². The van der Waals surface area contributed by atoms with Crippen molar-refractivity contribution in [3.63, 3.8) is 0 Å². The molecule has 0 aliphatic heterocycles. The fourth-order valence-electron chi connectivity index (χ4n) is 1.82. The Morgan fingerprint density at radius 2 is 2.06 bits per heavy atom. The van der Waals surface area contributed by atoms with Crippen LogP contribution < -0.4 is 5.32 Å². The van der Waals surface area contributed by atoms with Crippen LogP contribution in [-0.4, -0.2) is 18.8 Å². The molecule has 0 saturated carbocycles. The molecule has 2 rings (SSSR count). The van der Waals surface area contributed by atoms with E-state index in [1.165, 1.54) is 10.5 Å². The molecule has 0 saturated heterocycles. The summed E-state index contributed by atoms with van der Waals surface area (Å²) in [6.45, 7) is 2.16. The predicted octanol–water partition coefficient (Wildman–Crippen LogP) is 3.51. The Balaban J connectivity index is 1.89. The summed E-state index contributed by atoms with van der Waals surface area (Å²) < 4.78 is 5.39. The average Bonchev–Trinajstić information content (AvgIpc) is 2.89. The van der Waals surface area contributed by atoms with Crippen LogP contribution in [0, 0.1) is 6.92 Å². The number of hydrogen-bond acceptors (Lipinski definition) is 3. The summed E-state index contributed by atoms with van der Waals surface area (Å²) in [5.41, 5.74) is 1.34. The van der Waals surface area contributed by atoms with E-state index in [2.05, 4.69) is 36.5 Å². The molecule has 0 bridgehead atoms. The summed E-state index contributed by atoms with van der Waals surface area (Å²) in [7, 11) is 2.01. The van der Waals surface area contributed by atoms with E-state index < -0.39 is 0 Å². The van der Waals surface area contributed by atoms with Gasteiger partial charge in [0, 0.05) is 23.1 Å². The van der Waals surface area contributed by atoms with Crippen LogP contribution in [0.15, 0.2) is 52.0 Å². The molecule has 18 heavy (non-hydrogen) atoms. The smallest absolute Gasteiger partial charge is 0.105 e. The first-order valence-electron chi connectivity index (χ1n) is 6.17. The van der Waals surface area contributed by atoms with Crippen LogP contribution in [0.25, 0.3) is 0 Å². The second-order valence-electron chi connectivity index (χ2n) is 4.35. The minimum absolute atomic E-state index is 0.431. The Labute approximate surface area is 113 Å². The molecule has 3 heteroatoms. The van der Waals surface area contributed by atoms with Gasteiger partial charge in [-0.2, -0.15) is 0 Å². The van der Waals surface area contributed by atoms with Crippen molar-refractivity contribution < 1.29 is 4.42 Å². The molecular weight excluding hydrogens is 242 g/mol. The molecule has 1 aromatic carbocycles. The van der Waals surface area contributed by atoms with Crippen molar-refractivity contribution in [3.05, 3.63) is 54.0 Å². The molecule has 1 N–H and O–H groups in total. The van der Waals surface area contributed by atoms with E-state index in [1.807, 2.05) is 30.9 Å². The third-order valence-corrected chi connectivity index (χ3v) is 4.31. The molecule has 1 atom stereocenters. The van der Waals surface area contributed by atoms with Gasteiger partial charge in [-0.15, -0.1) is 11.8 Å². The Hall–Kier alpha value is -1.19. The van der Waals surface area contributed by atoms with Crippen molar-refractivity contribution >= 4 is 11.8 Å². The van der Waals surface area contributed by atoms with Crippen LogP contribution in [-0.2, 0) is 6.42 Å². The standard InChI is InChI=1S/C15H19NOS/c1-12-6-3-4-8-15(12)18-11-13(16-2)10-14-7-5-9-17-14/h3-9,13,16H,10-11H2,1-2H3. The van der Waals surface area contributed by atoms with Crippen molar-refractivity contribution in [1.82, 2.24) is 5.32 Å². The van der Waals surface area contributed by atoms with Gasteiger partial charge in [-0.05, 0) is 37.7 Å². The van der Waals surface area contributed by atoms with E-state index in [4.69, 9.17) is 4.42 Å². The molecule has 1 unspecified atom stereocenters. The quantitative estimate of drug-likeness (QED) is 0.806. The second kappa shape index (κ2) is 6.66. The molecule has 2 aromatic rings. The monoisotopic (exact) mass is 261 g/mol. The molecule has 1 aromatic heterocycles. The van der Waals surface area contributed by atoms with Crippen molar-refractivity contribution in [3.8, 4) is 0 Å². The fraction of sp³-hybridized carbons (Fsp3) is 0.333. The predicted molar refractivity (Wildman–Crippen MR) is 77.2 cm³/mol. The lowest BCUT2D eigenvalue weighted by molar-refractivity contribution is 0.474. The van der Waals surface area contributed by atoms with Gasteiger partial charge in [-0.1, -0.05) is 18.2 Å². The Bertz CT molecular complexity index is 467. The van der Waals surface area contributed by atoms with E-state index in [-0.39, 0.29) is 0 Å². The van der Waals surface area contributed by atoms with Crippen LogP contribution in [0.3, 0.4) is 0 Å². The molecule has 0 aliphatic carbocycles. The number of rotatable bonds is 6. The summed E-state index contributed by atoms with van der Waals surface area (Å²) in [4.78, 5) is 1.36. The number of benzene rings is 1. The van der Waals surface area contributed by atoms with E-state index >= 15 is 0 Å². The highest BCUT2D eigenvalue weighted by atomic mass is 32.2. The Morgan fingerprint density at radius 1 is 1.22 bits per heavy atom. The zero-order valence-corrected chi connectivity index (χ0v) is 11.7. The van der Waals surface area contributed by atoms with Gasteiger partial charge in [0.2, 0.25) is 0 Å². The topological polar surface area (TPSA) is 25.2 Å². The number of nitrogens with one attached hydrogen (secondary N) is 1. The van der Waals surface area contributed by atoms with Gasteiger partial charge in [0.25, 0.3) is 0 Å². The highest BCUT2D eigenvalue weighted by molar-refractivity contribution is 7.99. The van der Waals surface area contributed by atoms with Gasteiger partial charge in [-0.3, -0.25) is 0 Å². The number of furan rings is 1. The summed E-state index contributed by atoms with van der Waals surface area (Å²) in [6.07, 6.45) is 2.67. The van der Waals surface area contributed by atoms with Gasteiger partial charge < -0.3 is 9.73 Å². The third kappa shape index (κ3) is 3.65.